The summed E-state index contributed by atoms with van der Waals surface area (Å²) in [5.74, 6) is 0.918. The average molecular weight is 196 g/mol. The van der Waals surface area contributed by atoms with E-state index in [-0.39, 0.29) is 5.54 Å². The average Bonchev–Trinajstić information content (AvgIpc) is 2.69. The Morgan fingerprint density at radius 3 is 2.64 bits per heavy atom. The Morgan fingerprint density at radius 2 is 2.07 bits per heavy atom. The number of hydrogen-bond donors (Lipinski definition) is 1. The van der Waals surface area contributed by atoms with Crippen LogP contribution in [0.4, 0.5) is 0 Å². The van der Waals surface area contributed by atoms with Crippen LogP contribution in [0.25, 0.3) is 0 Å². The molecule has 1 amide bonds. The molecule has 1 aliphatic heterocycles. The van der Waals surface area contributed by atoms with Crippen molar-refractivity contribution in [3.8, 4) is 0 Å². The van der Waals surface area contributed by atoms with Gasteiger partial charge in [0, 0.05) is 6.54 Å². The molecule has 14 heavy (non-hydrogen) atoms. The zero-order chi connectivity index (χ0) is 10.2. The van der Waals surface area contributed by atoms with Crippen LogP contribution in [0.2, 0.25) is 0 Å². The van der Waals surface area contributed by atoms with Gasteiger partial charge in [0.1, 0.15) is 0 Å². The third-order valence-corrected chi connectivity index (χ3v) is 3.35. The van der Waals surface area contributed by atoms with Crippen molar-refractivity contribution in [1.29, 1.82) is 0 Å². The van der Waals surface area contributed by atoms with Crippen LogP contribution in [-0.2, 0) is 4.79 Å². The molecule has 2 aliphatic rings. The second-order valence-electron chi connectivity index (χ2n) is 5.05. The van der Waals surface area contributed by atoms with Crippen LogP contribution in [0.3, 0.4) is 0 Å². The second-order valence-corrected chi connectivity index (χ2v) is 5.05. The first-order valence-electron chi connectivity index (χ1n) is 5.68. The van der Waals surface area contributed by atoms with E-state index in [9.17, 15) is 4.79 Å². The van der Waals surface area contributed by atoms with Crippen molar-refractivity contribution in [3.63, 3.8) is 0 Å². The summed E-state index contributed by atoms with van der Waals surface area (Å²) in [6, 6.07) is 0. The lowest BCUT2D eigenvalue weighted by molar-refractivity contribution is -0.132. The molecule has 1 saturated heterocycles. The van der Waals surface area contributed by atoms with E-state index >= 15 is 0 Å². The molecule has 0 bridgehead atoms. The minimum Gasteiger partial charge on any atom is -0.328 e. The van der Waals surface area contributed by atoms with Crippen molar-refractivity contribution in [2.75, 3.05) is 13.2 Å². The van der Waals surface area contributed by atoms with Crippen LogP contribution in [0.1, 0.15) is 39.5 Å². The topological polar surface area (TPSA) is 32.3 Å². The molecule has 0 atom stereocenters. The highest BCUT2D eigenvalue weighted by molar-refractivity contribution is 5.88. The maximum atomic E-state index is 12.1. The molecule has 2 rings (SSSR count). The van der Waals surface area contributed by atoms with E-state index < -0.39 is 0 Å². The maximum Gasteiger partial charge on any atom is 0.243 e. The van der Waals surface area contributed by atoms with Gasteiger partial charge in [0.05, 0.1) is 12.2 Å². The van der Waals surface area contributed by atoms with Crippen molar-refractivity contribution < 1.29 is 4.79 Å². The lowest BCUT2D eigenvalue weighted by Gasteiger charge is -2.22. The van der Waals surface area contributed by atoms with Crippen molar-refractivity contribution in [1.82, 2.24) is 10.2 Å². The summed E-state index contributed by atoms with van der Waals surface area (Å²) in [5, 5.41) is 3.41. The SMILES string of the molecule is CC(C)CN1CNC2(CCCC2)C1=O. The summed E-state index contributed by atoms with van der Waals surface area (Å²) in [7, 11) is 0. The molecule has 0 radical (unpaired) electrons. The van der Waals surface area contributed by atoms with Gasteiger partial charge in [0.2, 0.25) is 5.91 Å². The van der Waals surface area contributed by atoms with E-state index in [4.69, 9.17) is 0 Å². The monoisotopic (exact) mass is 196 g/mol. The summed E-state index contributed by atoms with van der Waals surface area (Å²) in [6.45, 7) is 5.98. The Bertz CT molecular complexity index is 231. The van der Waals surface area contributed by atoms with E-state index in [2.05, 4.69) is 19.2 Å². The lowest BCUT2D eigenvalue weighted by Crippen LogP contribution is -2.44. The van der Waals surface area contributed by atoms with Crippen LogP contribution >= 0.6 is 0 Å². The van der Waals surface area contributed by atoms with Crippen LogP contribution in [0.5, 0.6) is 0 Å². The third-order valence-electron chi connectivity index (χ3n) is 3.35. The fourth-order valence-corrected chi connectivity index (χ4v) is 2.65. The first-order valence-corrected chi connectivity index (χ1v) is 5.68. The van der Waals surface area contributed by atoms with Gasteiger partial charge in [-0.3, -0.25) is 10.1 Å². The highest BCUT2D eigenvalue weighted by Crippen LogP contribution is 2.34. The normalized spacial score (nSPS) is 25.6. The molecule has 3 nitrogen and oxygen atoms in total. The standard InChI is InChI=1S/C11H20N2O/c1-9(2)7-13-8-12-11(10(13)14)5-3-4-6-11/h9,12H,3-8H2,1-2H3. The molecular weight excluding hydrogens is 176 g/mol. The molecule has 1 heterocycles. The maximum absolute atomic E-state index is 12.1. The third kappa shape index (κ3) is 1.54. The van der Waals surface area contributed by atoms with Gasteiger partial charge in [-0.05, 0) is 18.8 Å². The molecule has 1 N–H and O–H groups in total. The van der Waals surface area contributed by atoms with Gasteiger partial charge in [0.25, 0.3) is 0 Å². The molecule has 1 spiro atoms. The number of nitrogens with one attached hydrogen (secondary N) is 1. The molecular formula is C11H20N2O. The van der Waals surface area contributed by atoms with Gasteiger partial charge < -0.3 is 4.90 Å². The van der Waals surface area contributed by atoms with Crippen molar-refractivity contribution in [2.24, 2.45) is 5.92 Å². The molecule has 0 aromatic rings. The first-order chi connectivity index (χ1) is 6.64. The summed E-state index contributed by atoms with van der Waals surface area (Å²) in [4.78, 5) is 14.1. The first kappa shape index (κ1) is 9.97. The van der Waals surface area contributed by atoms with Gasteiger partial charge in [-0.1, -0.05) is 26.7 Å². The fourth-order valence-electron chi connectivity index (χ4n) is 2.65. The van der Waals surface area contributed by atoms with Crippen LogP contribution in [0, 0.1) is 5.92 Å². The van der Waals surface area contributed by atoms with Gasteiger partial charge in [0.15, 0.2) is 0 Å². The molecule has 2 fully saturated rings. The summed E-state index contributed by atoms with van der Waals surface area (Å²) in [6.07, 6.45) is 4.49. The Labute approximate surface area is 85.8 Å². The fraction of sp³-hybridized carbons (Fsp3) is 0.909. The number of amides is 1. The summed E-state index contributed by atoms with van der Waals surface area (Å²) in [5.41, 5.74) is -0.158. The van der Waals surface area contributed by atoms with Crippen LogP contribution < -0.4 is 5.32 Å². The lowest BCUT2D eigenvalue weighted by atomic mass is 9.98. The van der Waals surface area contributed by atoms with E-state index in [1.807, 2.05) is 4.90 Å². The second kappa shape index (κ2) is 3.54. The van der Waals surface area contributed by atoms with Crippen molar-refractivity contribution >= 4 is 5.91 Å². The smallest absolute Gasteiger partial charge is 0.243 e. The van der Waals surface area contributed by atoms with E-state index in [1.165, 1.54) is 12.8 Å². The number of hydrogen-bond acceptors (Lipinski definition) is 2. The Balaban J connectivity index is 2.03. The molecule has 1 saturated carbocycles. The molecule has 3 heteroatoms. The highest BCUT2D eigenvalue weighted by Gasteiger charge is 2.47. The zero-order valence-electron chi connectivity index (χ0n) is 9.18. The van der Waals surface area contributed by atoms with E-state index in [1.54, 1.807) is 0 Å². The van der Waals surface area contributed by atoms with Crippen molar-refractivity contribution in [3.05, 3.63) is 0 Å². The Hall–Kier alpha value is -0.570. The zero-order valence-corrected chi connectivity index (χ0v) is 9.18. The van der Waals surface area contributed by atoms with Crippen LogP contribution in [0.15, 0.2) is 0 Å². The predicted octanol–water partition coefficient (Wildman–Crippen LogP) is 1.34. The summed E-state index contributed by atoms with van der Waals surface area (Å²) < 4.78 is 0. The predicted molar refractivity (Wildman–Crippen MR) is 55.8 cm³/mol. The van der Waals surface area contributed by atoms with E-state index in [0.29, 0.717) is 11.8 Å². The molecule has 0 unspecified atom stereocenters. The Kier molecular flexibility index (Phi) is 2.52. The summed E-state index contributed by atoms with van der Waals surface area (Å²) >= 11 is 0. The molecule has 0 aromatic heterocycles. The van der Waals surface area contributed by atoms with Gasteiger partial charge in [-0.15, -0.1) is 0 Å². The van der Waals surface area contributed by atoms with Crippen molar-refractivity contribution in [2.45, 2.75) is 45.1 Å². The van der Waals surface area contributed by atoms with Gasteiger partial charge in [-0.2, -0.15) is 0 Å². The number of carbonyl (C=O) groups excluding carboxylic acids is 1. The Morgan fingerprint density at radius 1 is 1.43 bits per heavy atom. The van der Waals surface area contributed by atoms with Gasteiger partial charge >= 0.3 is 0 Å². The van der Waals surface area contributed by atoms with Gasteiger partial charge in [-0.25, -0.2) is 0 Å². The largest absolute Gasteiger partial charge is 0.328 e. The quantitative estimate of drug-likeness (QED) is 0.723. The van der Waals surface area contributed by atoms with E-state index in [0.717, 1.165) is 26.1 Å². The molecule has 80 valence electrons. The molecule has 0 aromatic carbocycles. The molecule has 1 aliphatic carbocycles. The minimum absolute atomic E-state index is 0.158. The number of rotatable bonds is 2. The van der Waals surface area contributed by atoms with Crippen LogP contribution in [-0.4, -0.2) is 29.6 Å². The number of nitrogens with zero attached hydrogens (tertiary/aromatic N) is 1. The highest BCUT2D eigenvalue weighted by atomic mass is 16.2. The minimum atomic E-state index is -0.158. The number of carbonyl (C=O) groups is 1.